The molecule has 2 aromatic rings. The van der Waals surface area contributed by atoms with E-state index in [-0.39, 0.29) is 0 Å². The van der Waals surface area contributed by atoms with Gasteiger partial charge in [0.25, 0.3) is 0 Å². The van der Waals surface area contributed by atoms with E-state index in [2.05, 4.69) is 92.2 Å². The summed E-state index contributed by atoms with van der Waals surface area (Å²) >= 11 is 0. The lowest BCUT2D eigenvalue weighted by atomic mass is 9.99. The van der Waals surface area contributed by atoms with Crippen molar-refractivity contribution in [1.29, 1.82) is 0 Å². The number of piperidine rings is 1. The summed E-state index contributed by atoms with van der Waals surface area (Å²) in [5.74, 6) is 2.40. The molecule has 1 aliphatic heterocycles. The standard InChI is InChI=1S/C24H37N5/c1-17(2)24-26-19(4)15-23(27-24)29-13-11-20(12-14-29)25-16-22(28(5)6)21-10-8-7-9-18(21)3/h7-10,15,17,20,22,25H,11-14,16H2,1-6H3/t22-/m1/s1. The van der Waals surface area contributed by atoms with Crippen LogP contribution in [0.5, 0.6) is 0 Å². The third-order valence-electron chi connectivity index (χ3n) is 5.96. The van der Waals surface area contributed by atoms with Gasteiger partial charge in [0, 0.05) is 49.4 Å². The number of anilines is 1. The van der Waals surface area contributed by atoms with Crippen LogP contribution in [0.2, 0.25) is 0 Å². The zero-order valence-corrected chi connectivity index (χ0v) is 18.9. The molecule has 1 fully saturated rings. The summed E-state index contributed by atoms with van der Waals surface area (Å²) in [5, 5.41) is 3.84. The monoisotopic (exact) mass is 395 g/mol. The zero-order chi connectivity index (χ0) is 21.0. The van der Waals surface area contributed by atoms with Gasteiger partial charge in [0.15, 0.2) is 0 Å². The molecule has 1 atom stereocenters. The van der Waals surface area contributed by atoms with Gasteiger partial charge in [0.1, 0.15) is 11.6 Å². The Hall–Kier alpha value is -1.98. The van der Waals surface area contributed by atoms with Gasteiger partial charge < -0.3 is 15.1 Å². The van der Waals surface area contributed by atoms with Gasteiger partial charge >= 0.3 is 0 Å². The molecule has 3 rings (SSSR count). The van der Waals surface area contributed by atoms with Crippen LogP contribution in [-0.2, 0) is 0 Å². The fourth-order valence-corrected chi connectivity index (χ4v) is 4.12. The molecule has 0 amide bonds. The number of aromatic nitrogens is 2. The number of hydrogen-bond acceptors (Lipinski definition) is 5. The fourth-order valence-electron chi connectivity index (χ4n) is 4.12. The first-order valence-corrected chi connectivity index (χ1v) is 10.9. The van der Waals surface area contributed by atoms with E-state index in [9.17, 15) is 0 Å². The van der Waals surface area contributed by atoms with Crippen LogP contribution < -0.4 is 10.2 Å². The summed E-state index contributed by atoms with van der Waals surface area (Å²) in [5.41, 5.74) is 3.84. The second-order valence-corrected chi connectivity index (χ2v) is 8.89. The first-order valence-electron chi connectivity index (χ1n) is 10.9. The topological polar surface area (TPSA) is 44.3 Å². The number of rotatable bonds is 7. The van der Waals surface area contributed by atoms with Crippen molar-refractivity contribution in [2.75, 3.05) is 38.6 Å². The highest BCUT2D eigenvalue weighted by Crippen LogP contribution is 2.24. The van der Waals surface area contributed by atoms with Crippen molar-refractivity contribution in [3.8, 4) is 0 Å². The molecule has 0 unspecified atom stereocenters. The molecule has 0 spiro atoms. The quantitative estimate of drug-likeness (QED) is 0.765. The largest absolute Gasteiger partial charge is 0.356 e. The second-order valence-electron chi connectivity index (χ2n) is 8.89. The fraction of sp³-hybridized carbons (Fsp3) is 0.583. The lowest BCUT2D eigenvalue weighted by molar-refractivity contribution is 0.270. The smallest absolute Gasteiger partial charge is 0.133 e. The molecule has 1 N–H and O–H groups in total. The summed E-state index contributed by atoms with van der Waals surface area (Å²) in [6.07, 6.45) is 2.29. The van der Waals surface area contributed by atoms with Crippen molar-refractivity contribution in [3.05, 3.63) is 53.0 Å². The van der Waals surface area contributed by atoms with E-state index in [1.807, 2.05) is 0 Å². The molecule has 1 aromatic carbocycles. The molecule has 158 valence electrons. The van der Waals surface area contributed by atoms with Crippen LogP contribution in [0.1, 0.15) is 61.3 Å². The Labute approximate surface area is 176 Å². The van der Waals surface area contributed by atoms with E-state index in [0.29, 0.717) is 18.0 Å². The summed E-state index contributed by atoms with van der Waals surface area (Å²) in [6, 6.07) is 11.8. The molecular weight excluding hydrogens is 358 g/mol. The summed E-state index contributed by atoms with van der Waals surface area (Å²) in [7, 11) is 4.34. The van der Waals surface area contributed by atoms with E-state index in [1.165, 1.54) is 11.1 Å². The molecular formula is C24H37N5. The van der Waals surface area contributed by atoms with Crippen LogP contribution in [0.3, 0.4) is 0 Å². The highest BCUT2D eigenvalue weighted by Gasteiger charge is 2.23. The Kier molecular flexibility index (Phi) is 7.25. The van der Waals surface area contributed by atoms with Gasteiger partial charge in [-0.15, -0.1) is 0 Å². The van der Waals surface area contributed by atoms with Crippen LogP contribution >= 0.6 is 0 Å². The van der Waals surface area contributed by atoms with E-state index in [0.717, 1.165) is 49.8 Å². The Morgan fingerprint density at radius 3 is 2.41 bits per heavy atom. The van der Waals surface area contributed by atoms with Crippen molar-refractivity contribution < 1.29 is 0 Å². The SMILES string of the molecule is Cc1cc(N2CCC(NC[C@H](c3ccccc3C)N(C)C)CC2)nc(C(C)C)n1. The molecule has 0 saturated carbocycles. The Morgan fingerprint density at radius 1 is 1.10 bits per heavy atom. The van der Waals surface area contributed by atoms with E-state index in [1.54, 1.807) is 0 Å². The number of benzene rings is 1. The maximum atomic E-state index is 4.82. The molecule has 29 heavy (non-hydrogen) atoms. The molecule has 0 bridgehead atoms. The van der Waals surface area contributed by atoms with Crippen molar-refractivity contribution >= 4 is 5.82 Å². The average Bonchev–Trinajstić information content (AvgIpc) is 2.69. The normalized spacial score (nSPS) is 16.6. The third-order valence-corrected chi connectivity index (χ3v) is 5.96. The number of aryl methyl sites for hydroxylation is 2. The van der Waals surface area contributed by atoms with Gasteiger partial charge in [-0.2, -0.15) is 0 Å². The van der Waals surface area contributed by atoms with Gasteiger partial charge in [-0.05, 0) is 51.9 Å². The molecule has 1 aromatic heterocycles. The molecule has 5 heteroatoms. The van der Waals surface area contributed by atoms with Crippen molar-refractivity contribution in [2.24, 2.45) is 0 Å². The predicted molar refractivity (Wildman–Crippen MR) is 122 cm³/mol. The number of nitrogens with zero attached hydrogens (tertiary/aromatic N) is 4. The minimum absolute atomic E-state index is 0.359. The zero-order valence-electron chi connectivity index (χ0n) is 18.9. The van der Waals surface area contributed by atoms with Crippen LogP contribution in [0.25, 0.3) is 0 Å². The average molecular weight is 396 g/mol. The highest BCUT2D eigenvalue weighted by atomic mass is 15.2. The van der Waals surface area contributed by atoms with Crippen LogP contribution in [0.4, 0.5) is 5.82 Å². The van der Waals surface area contributed by atoms with Gasteiger partial charge in [-0.1, -0.05) is 38.1 Å². The minimum atomic E-state index is 0.359. The Balaban J connectivity index is 1.58. The van der Waals surface area contributed by atoms with E-state index < -0.39 is 0 Å². The van der Waals surface area contributed by atoms with Crippen molar-refractivity contribution in [1.82, 2.24) is 20.2 Å². The minimum Gasteiger partial charge on any atom is -0.356 e. The second kappa shape index (κ2) is 9.68. The maximum Gasteiger partial charge on any atom is 0.133 e. The maximum absolute atomic E-state index is 4.82. The molecule has 0 aliphatic carbocycles. The van der Waals surface area contributed by atoms with Crippen LogP contribution in [0.15, 0.2) is 30.3 Å². The third kappa shape index (κ3) is 5.55. The van der Waals surface area contributed by atoms with Gasteiger partial charge in [-0.3, -0.25) is 0 Å². The number of likely N-dealkylation sites (N-methyl/N-ethyl adjacent to an activating group) is 1. The Morgan fingerprint density at radius 2 is 1.79 bits per heavy atom. The van der Waals surface area contributed by atoms with Gasteiger partial charge in [0.2, 0.25) is 0 Å². The molecule has 1 aliphatic rings. The number of hydrogen-bond donors (Lipinski definition) is 1. The van der Waals surface area contributed by atoms with Gasteiger partial charge in [-0.25, -0.2) is 9.97 Å². The summed E-state index contributed by atoms with van der Waals surface area (Å²) in [6.45, 7) is 11.7. The summed E-state index contributed by atoms with van der Waals surface area (Å²) < 4.78 is 0. The van der Waals surface area contributed by atoms with Crippen molar-refractivity contribution in [2.45, 2.75) is 58.5 Å². The van der Waals surface area contributed by atoms with Gasteiger partial charge in [0.05, 0.1) is 0 Å². The van der Waals surface area contributed by atoms with Crippen molar-refractivity contribution in [3.63, 3.8) is 0 Å². The number of nitrogens with one attached hydrogen (secondary N) is 1. The highest BCUT2D eigenvalue weighted by molar-refractivity contribution is 5.40. The van der Waals surface area contributed by atoms with E-state index >= 15 is 0 Å². The summed E-state index contributed by atoms with van der Waals surface area (Å²) in [4.78, 5) is 14.1. The predicted octanol–water partition coefficient (Wildman–Crippen LogP) is 4.08. The molecule has 5 nitrogen and oxygen atoms in total. The Bertz CT molecular complexity index is 794. The first-order chi connectivity index (χ1) is 13.8. The lowest BCUT2D eigenvalue weighted by Gasteiger charge is -2.35. The van der Waals surface area contributed by atoms with E-state index in [4.69, 9.17) is 4.98 Å². The van der Waals surface area contributed by atoms with Crippen LogP contribution in [-0.4, -0.2) is 54.6 Å². The van der Waals surface area contributed by atoms with Crippen LogP contribution in [0, 0.1) is 13.8 Å². The molecule has 0 radical (unpaired) electrons. The lowest BCUT2D eigenvalue weighted by Crippen LogP contribution is -2.45. The first kappa shape index (κ1) is 21.7. The molecule has 2 heterocycles. The molecule has 1 saturated heterocycles.